The van der Waals surface area contributed by atoms with Crippen LogP contribution in [0.3, 0.4) is 0 Å². The van der Waals surface area contributed by atoms with Crippen LogP contribution >= 0.6 is 11.6 Å². The van der Waals surface area contributed by atoms with E-state index in [0.29, 0.717) is 17.3 Å². The number of methoxy groups -OCH3 is 1. The lowest BCUT2D eigenvalue weighted by Crippen LogP contribution is -2.29. The standard InChI is InChI=1S/C16H17ClN2O2/c1-21-15-8-3-2-7-14(15)18-11-16(20)19-10-12-5-4-6-13(17)9-12/h2-9,18H,10-11H2,1H3,(H,19,20). The molecule has 4 nitrogen and oxygen atoms in total. The molecule has 0 radical (unpaired) electrons. The maximum atomic E-state index is 11.8. The fraction of sp³-hybridized carbons (Fsp3) is 0.188. The first-order valence-corrected chi connectivity index (χ1v) is 6.95. The molecule has 0 unspecified atom stereocenters. The van der Waals surface area contributed by atoms with Gasteiger partial charge < -0.3 is 15.4 Å². The number of amides is 1. The van der Waals surface area contributed by atoms with E-state index in [1.807, 2.05) is 42.5 Å². The average molecular weight is 305 g/mol. The summed E-state index contributed by atoms with van der Waals surface area (Å²) >= 11 is 5.90. The third-order valence-corrected chi connectivity index (χ3v) is 3.16. The van der Waals surface area contributed by atoms with Crippen LogP contribution in [0.25, 0.3) is 0 Å². The van der Waals surface area contributed by atoms with Crippen LogP contribution in [0.4, 0.5) is 5.69 Å². The Bertz CT molecular complexity index is 617. The van der Waals surface area contributed by atoms with E-state index in [0.717, 1.165) is 11.3 Å². The predicted octanol–water partition coefficient (Wildman–Crippen LogP) is 3.08. The second-order valence-electron chi connectivity index (χ2n) is 4.46. The molecule has 2 aromatic carbocycles. The van der Waals surface area contributed by atoms with Gasteiger partial charge in [0.25, 0.3) is 0 Å². The van der Waals surface area contributed by atoms with Crippen molar-refractivity contribution in [2.24, 2.45) is 0 Å². The van der Waals surface area contributed by atoms with Crippen molar-refractivity contribution in [3.8, 4) is 5.75 Å². The van der Waals surface area contributed by atoms with Gasteiger partial charge in [0.15, 0.2) is 0 Å². The van der Waals surface area contributed by atoms with Crippen molar-refractivity contribution in [1.29, 1.82) is 0 Å². The first kappa shape index (κ1) is 15.2. The Kier molecular flexibility index (Phi) is 5.46. The molecule has 0 aromatic heterocycles. The lowest BCUT2D eigenvalue weighted by atomic mass is 10.2. The molecular weight excluding hydrogens is 288 g/mol. The molecule has 5 heteroatoms. The molecule has 0 bridgehead atoms. The fourth-order valence-corrected chi connectivity index (χ4v) is 2.09. The normalized spacial score (nSPS) is 10.0. The topological polar surface area (TPSA) is 50.4 Å². The molecule has 0 aliphatic rings. The van der Waals surface area contributed by atoms with Gasteiger partial charge in [-0.1, -0.05) is 35.9 Å². The lowest BCUT2D eigenvalue weighted by molar-refractivity contribution is -0.119. The van der Waals surface area contributed by atoms with Crippen molar-refractivity contribution < 1.29 is 9.53 Å². The van der Waals surface area contributed by atoms with E-state index in [-0.39, 0.29) is 12.5 Å². The highest BCUT2D eigenvalue weighted by Crippen LogP contribution is 2.22. The van der Waals surface area contributed by atoms with Crippen LogP contribution in [0.15, 0.2) is 48.5 Å². The Hall–Kier alpha value is -2.20. The van der Waals surface area contributed by atoms with Gasteiger partial charge in [-0.3, -0.25) is 4.79 Å². The van der Waals surface area contributed by atoms with Crippen LogP contribution in [0.5, 0.6) is 5.75 Å². The molecule has 0 aliphatic carbocycles. The van der Waals surface area contributed by atoms with Gasteiger partial charge in [-0.15, -0.1) is 0 Å². The minimum atomic E-state index is -0.0964. The van der Waals surface area contributed by atoms with E-state index >= 15 is 0 Å². The van der Waals surface area contributed by atoms with Gasteiger partial charge in [-0.2, -0.15) is 0 Å². The van der Waals surface area contributed by atoms with Crippen LogP contribution in [0.2, 0.25) is 5.02 Å². The molecule has 0 heterocycles. The molecule has 0 fully saturated rings. The number of hydrogen-bond donors (Lipinski definition) is 2. The Morgan fingerprint density at radius 1 is 1.19 bits per heavy atom. The first-order valence-electron chi connectivity index (χ1n) is 6.57. The van der Waals surface area contributed by atoms with Crippen LogP contribution in [0, 0.1) is 0 Å². The number of ether oxygens (including phenoxy) is 1. The number of nitrogens with one attached hydrogen (secondary N) is 2. The van der Waals surface area contributed by atoms with Gasteiger partial charge in [0.05, 0.1) is 19.3 Å². The zero-order chi connectivity index (χ0) is 15.1. The van der Waals surface area contributed by atoms with Crippen molar-refractivity contribution in [2.45, 2.75) is 6.54 Å². The molecule has 2 rings (SSSR count). The number of carbonyl (C=O) groups excluding carboxylic acids is 1. The summed E-state index contributed by atoms with van der Waals surface area (Å²) in [5, 5.41) is 6.54. The van der Waals surface area contributed by atoms with Crippen LogP contribution in [-0.4, -0.2) is 19.6 Å². The van der Waals surface area contributed by atoms with E-state index in [2.05, 4.69) is 10.6 Å². The molecule has 0 atom stereocenters. The summed E-state index contributed by atoms with van der Waals surface area (Å²) in [5.74, 6) is 0.612. The van der Waals surface area contributed by atoms with Gasteiger partial charge in [0, 0.05) is 11.6 Å². The molecule has 21 heavy (non-hydrogen) atoms. The molecule has 0 saturated carbocycles. The number of para-hydroxylation sites is 2. The maximum absolute atomic E-state index is 11.8. The molecule has 2 N–H and O–H groups in total. The summed E-state index contributed by atoms with van der Waals surface area (Å²) in [6, 6.07) is 14.9. The van der Waals surface area contributed by atoms with Gasteiger partial charge in [-0.05, 0) is 29.8 Å². The van der Waals surface area contributed by atoms with Crippen LogP contribution < -0.4 is 15.4 Å². The SMILES string of the molecule is COc1ccccc1NCC(=O)NCc1cccc(Cl)c1. The van der Waals surface area contributed by atoms with Gasteiger partial charge >= 0.3 is 0 Å². The zero-order valence-electron chi connectivity index (χ0n) is 11.7. The number of rotatable bonds is 6. The van der Waals surface area contributed by atoms with Crippen molar-refractivity contribution in [2.75, 3.05) is 19.0 Å². The summed E-state index contributed by atoms with van der Waals surface area (Å²) < 4.78 is 5.21. The summed E-state index contributed by atoms with van der Waals surface area (Å²) in [4.78, 5) is 11.8. The van der Waals surface area contributed by atoms with E-state index in [1.165, 1.54) is 0 Å². The summed E-state index contributed by atoms with van der Waals surface area (Å²) in [6.07, 6.45) is 0. The summed E-state index contributed by atoms with van der Waals surface area (Å²) in [5.41, 5.74) is 1.76. The average Bonchev–Trinajstić information content (AvgIpc) is 2.51. The third-order valence-electron chi connectivity index (χ3n) is 2.93. The first-order chi connectivity index (χ1) is 10.2. The largest absolute Gasteiger partial charge is 0.495 e. The smallest absolute Gasteiger partial charge is 0.239 e. The van der Waals surface area contributed by atoms with Gasteiger partial charge in [0.2, 0.25) is 5.91 Å². The molecule has 0 aliphatic heterocycles. The van der Waals surface area contributed by atoms with E-state index in [1.54, 1.807) is 13.2 Å². The number of halogens is 1. The highest BCUT2D eigenvalue weighted by atomic mass is 35.5. The molecule has 1 amide bonds. The lowest BCUT2D eigenvalue weighted by Gasteiger charge is -2.11. The Morgan fingerprint density at radius 2 is 2.00 bits per heavy atom. The predicted molar refractivity (Wildman–Crippen MR) is 84.8 cm³/mol. The van der Waals surface area contributed by atoms with Crippen molar-refractivity contribution in [1.82, 2.24) is 5.32 Å². The van der Waals surface area contributed by atoms with E-state index in [9.17, 15) is 4.79 Å². The quantitative estimate of drug-likeness (QED) is 0.862. The van der Waals surface area contributed by atoms with Crippen LogP contribution in [-0.2, 0) is 11.3 Å². The fourth-order valence-electron chi connectivity index (χ4n) is 1.88. The Morgan fingerprint density at radius 3 is 2.76 bits per heavy atom. The molecule has 2 aromatic rings. The Balaban J connectivity index is 1.82. The maximum Gasteiger partial charge on any atom is 0.239 e. The number of anilines is 1. The van der Waals surface area contributed by atoms with Crippen molar-refractivity contribution in [3.63, 3.8) is 0 Å². The van der Waals surface area contributed by atoms with Crippen LogP contribution in [0.1, 0.15) is 5.56 Å². The van der Waals surface area contributed by atoms with E-state index in [4.69, 9.17) is 16.3 Å². The highest BCUT2D eigenvalue weighted by Gasteiger charge is 2.04. The molecule has 0 saturated heterocycles. The number of hydrogen-bond acceptors (Lipinski definition) is 3. The highest BCUT2D eigenvalue weighted by molar-refractivity contribution is 6.30. The monoisotopic (exact) mass is 304 g/mol. The molecule has 110 valence electrons. The van der Waals surface area contributed by atoms with Gasteiger partial charge in [-0.25, -0.2) is 0 Å². The van der Waals surface area contributed by atoms with E-state index < -0.39 is 0 Å². The Labute approximate surface area is 129 Å². The summed E-state index contributed by atoms with van der Waals surface area (Å²) in [6.45, 7) is 0.633. The zero-order valence-corrected chi connectivity index (χ0v) is 12.5. The minimum Gasteiger partial charge on any atom is -0.495 e. The van der Waals surface area contributed by atoms with Crippen molar-refractivity contribution >= 4 is 23.2 Å². The van der Waals surface area contributed by atoms with Gasteiger partial charge in [0.1, 0.15) is 5.75 Å². The number of benzene rings is 2. The van der Waals surface area contributed by atoms with Crippen molar-refractivity contribution in [3.05, 3.63) is 59.1 Å². The molecule has 0 spiro atoms. The summed E-state index contributed by atoms with van der Waals surface area (Å²) in [7, 11) is 1.60. The minimum absolute atomic E-state index is 0.0964. The second kappa shape index (κ2) is 7.55. The third kappa shape index (κ3) is 4.68. The second-order valence-corrected chi connectivity index (χ2v) is 4.90. The molecular formula is C16H17ClN2O2. The number of carbonyl (C=O) groups is 1.